The largest absolute Gasteiger partial charge is 0.340 e. The molecule has 1 heterocycles. The van der Waals surface area contributed by atoms with Crippen LogP contribution in [0.4, 0.5) is 11.5 Å². The number of nitrogens with one attached hydrogen (secondary N) is 2. The summed E-state index contributed by atoms with van der Waals surface area (Å²) in [5.41, 5.74) is 3.62. The van der Waals surface area contributed by atoms with E-state index in [-0.39, 0.29) is 0 Å². The van der Waals surface area contributed by atoms with Crippen LogP contribution in [0.25, 0.3) is 0 Å². The molecule has 14 heavy (non-hydrogen) atoms. The SMILES string of the molecule is Cc1cccc(C)c1Nc1cnc[nH]1. The van der Waals surface area contributed by atoms with E-state index in [9.17, 15) is 0 Å². The Kier molecular flexibility index (Phi) is 2.23. The third kappa shape index (κ3) is 1.62. The van der Waals surface area contributed by atoms with Crippen molar-refractivity contribution >= 4 is 11.5 Å². The van der Waals surface area contributed by atoms with Gasteiger partial charge in [-0.05, 0) is 25.0 Å². The van der Waals surface area contributed by atoms with E-state index < -0.39 is 0 Å². The summed E-state index contributed by atoms with van der Waals surface area (Å²) in [4.78, 5) is 6.98. The van der Waals surface area contributed by atoms with Crippen LogP contribution in [-0.4, -0.2) is 9.97 Å². The fraction of sp³-hybridized carbons (Fsp3) is 0.182. The van der Waals surface area contributed by atoms with Gasteiger partial charge in [0.25, 0.3) is 0 Å². The number of aromatic amines is 1. The molecule has 0 atom stereocenters. The van der Waals surface area contributed by atoms with Gasteiger partial charge in [0.1, 0.15) is 5.82 Å². The number of H-pyrrole nitrogens is 1. The van der Waals surface area contributed by atoms with Gasteiger partial charge in [0, 0.05) is 5.69 Å². The summed E-state index contributed by atoms with van der Waals surface area (Å²) in [6, 6.07) is 6.24. The number of hydrogen-bond acceptors (Lipinski definition) is 2. The molecule has 2 aromatic rings. The van der Waals surface area contributed by atoms with Crippen LogP contribution in [-0.2, 0) is 0 Å². The van der Waals surface area contributed by atoms with Crippen molar-refractivity contribution in [1.29, 1.82) is 0 Å². The number of rotatable bonds is 2. The Morgan fingerprint density at radius 1 is 1.21 bits per heavy atom. The van der Waals surface area contributed by atoms with E-state index in [0.717, 1.165) is 11.5 Å². The molecule has 0 bridgehead atoms. The quantitative estimate of drug-likeness (QED) is 0.759. The van der Waals surface area contributed by atoms with Gasteiger partial charge in [0.15, 0.2) is 0 Å². The molecule has 3 nitrogen and oxygen atoms in total. The van der Waals surface area contributed by atoms with Gasteiger partial charge in [-0.2, -0.15) is 0 Å². The van der Waals surface area contributed by atoms with Crippen molar-refractivity contribution < 1.29 is 0 Å². The van der Waals surface area contributed by atoms with Crippen LogP contribution in [0.2, 0.25) is 0 Å². The molecule has 2 rings (SSSR count). The third-order valence-corrected chi connectivity index (χ3v) is 2.24. The Bertz CT molecular complexity index is 398. The Labute approximate surface area is 83.2 Å². The van der Waals surface area contributed by atoms with Crippen LogP contribution in [0, 0.1) is 13.8 Å². The molecule has 0 saturated carbocycles. The minimum Gasteiger partial charge on any atom is -0.340 e. The van der Waals surface area contributed by atoms with Crippen LogP contribution in [0.15, 0.2) is 30.7 Å². The van der Waals surface area contributed by atoms with Crippen molar-refractivity contribution in [2.24, 2.45) is 0 Å². The summed E-state index contributed by atoms with van der Waals surface area (Å²) in [6.07, 6.45) is 3.43. The molecule has 72 valence electrons. The van der Waals surface area contributed by atoms with Crippen LogP contribution in [0.3, 0.4) is 0 Å². The molecule has 0 saturated heterocycles. The number of benzene rings is 1. The molecule has 2 N–H and O–H groups in total. The van der Waals surface area contributed by atoms with Gasteiger partial charge in [0.2, 0.25) is 0 Å². The predicted molar refractivity (Wildman–Crippen MR) is 57.8 cm³/mol. The average Bonchev–Trinajstić information content (AvgIpc) is 2.64. The fourth-order valence-electron chi connectivity index (χ4n) is 1.47. The van der Waals surface area contributed by atoms with Gasteiger partial charge in [-0.25, -0.2) is 4.98 Å². The Balaban J connectivity index is 2.33. The van der Waals surface area contributed by atoms with E-state index in [2.05, 4.69) is 47.3 Å². The lowest BCUT2D eigenvalue weighted by Crippen LogP contribution is -1.95. The Morgan fingerprint density at radius 2 is 1.93 bits per heavy atom. The number of hydrogen-bond donors (Lipinski definition) is 2. The molecule has 1 aromatic heterocycles. The monoisotopic (exact) mass is 187 g/mol. The highest BCUT2D eigenvalue weighted by Gasteiger charge is 2.02. The summed E-state index contributed by atoms with van der Waals surface area (Å²) >= 11 is 0. The summed E-state index contributed by atoms with van der Waals surface area (Å²) < 4.78 is 0. The Morgan fingerprint density at radius 3 is 2.50 bits per heavy atom. The summed E-state index contributed by atoms with van der Waals surface area (Å²) in [5, 5.41) is 3.30. The lowest BCUT2D eigenvalue weighted by Gasteiger charge is -2.10. The molecule has 0 unspecified atom stereocenters. The van der Waals surface area contributed by atoms with Gasteiger partial charge in [-0.1, -0.05) is 18.2 Å². The summed E-state index contributed by atoms with van der Waals surface area (Å²) in [6.45, 7) is 4.18. The topological polar surface area (TPSA) is 40.7 Å². The first-order valence-electron chi connectivity index (χ1n) is 4.59. The number of para-hydroxylation sites is 1. The van der Waals surface area contributed by atoms with E-state index in [0.29, 0.717) is 0 Å². The van der Waals surface area contributed by atoms with E-state index in [1.807, 2.05) is 0 Å². The third-order valence-electron chi connectivity index (χ3n) is 2.24. The van der Waals surface area contributed by atoms with Crippen molar-refractivity contribution in [1.82, 2.24) is 9.97 Å². The van der Waals surface area contributed by atoms with Crippen LogP contribution in [0.5, 0.6) is 0 Å². The zero-order valence-electron chi connectivity index (χ0n) is 8.33. The second-order valence-electron chi connectivity index (χ2n) is 3.36. The molecule has 0 fully saturated rings. The van der Waals surface area contributed by atoms with Crippen LogP contribution >= 0.6 is 0 Å². The highest BCUT2D eigenvalue weighted by atomic mass is 15.0. The Hall–Kier alpha value is -1.77. The first kappa shape index (κ1) is 8.81. The fourth-order valence-corrected chi connectivity index (χ4v) is 1.47. The van der Waals surface area contributed by atoms with Gasteiger partial charge in [-0.3, -0.25) is 0 Å². The first-order chi connectivity index (χ1) is 6.77. The number of aryl methyl sites for hydroxylation is 2. The number of nitrogens with zero attached hydrogens (tertiary/aromatic N) is 1. The zero-order chi connectivity index (χ0) is 9.97. The highest BCUT2D eigenvalue weighted by molar-refractivity contribution is 5.63. The van der Waals surface area contributed by atoms with Gasteiger partial charge < -0.3 is 10.3 Å². The molecule has 0 spiro atoms. The molecule has 0 aliphatic heterocycles. The lowest BCUT2D eigenvalue weighted by atomic mass is 10.1. The number of imidazole rings is 1. The van der Waals surface area contributed by atoms with Crippen molar-refractivity contribution in [2.75, 3.05) is 5.32 Å². The predicted octanol–water partition coefficient (Wildman–Crippen LogP) is 2.77. The van der Waals surface area contributed by atoms with E-state index in [1.165, 1.54) is 11.1 Å². The minimum absolute atomic E-state index is 0.919. The standard InChI is InChI=1S/C11H13N3/c1-8-4-3-5-9(2)11(8)14-10-6-12-7-13-10/h3-7,14H,1-2H3,(H,12,13). The van der Waals surface area contributed by atoms with Crippen LogP contribution < -0.4 is 5.32 Å². The van der Waals surface area contributed by atoms with Crippen molar-refractivity contribution in [3.05, 3.63) is 41.9 Å². The maximum absolute atomic E-state index is 3.96. The maximum atomic E-state index is 3.96. The van der Waals surface area contributed by atoms with Crippen LogP contribution in [0.1, 0.15) is 11.1 Å². The molecule has 1 aromatic carbocycles. The van der Waals surface area contributed by atoms with Crippen molar-refractivity contribution in [3.8, 4) is 0 Å². The second-order valence-corrected chi connectivity index (χ2v) is 3.36. The molecule has 0 aliphatic carbocycles. The highest BCUT2D eigenvalue weighted by Crippen LogP contribution is 2.22. The van der Waals surface area contributed by atoms with Gasteiger partial charge in [0.05, 0.1) is 12.5 Å². The lowest BCUT2D eigenvalue weighted by molar-refractivity contribution is 1.30. The molecule has 0 radical (unpaired) electrons. The molecular formula is C11H13N3. The summed E-state index contributed by atoms with van der Waals surface area (Å²) in [5.74, 6) is 0.919. The van der Waals surface area contributed by atoms with Crippen molar-refractivity contribution in [2.45, 2.75) is 13.8 Å². The number of aromatic nitrogens is 2. The average molecular weight is 187 g/mol. The normalized spacial score (nSPS) is 10.1. The van der Waals surface area contributed by atoms with Crippen molar-refractivity contribution in [3.63, 3.8) is 0 Å². The molecular weight excluding hydrogens is 174 g/mol. The van der Waals surface area contributed by atoms with Gasteiger partial charge >= 0.3 is 0 Å². The van der Waals surface area contributed by atoms with E-state index in [4.69, 9.17) is 0 Å². The molecule has 0 aliphatic rings. The second kappa shape index (κ2) is 3.54. The minimum atomic E-state index is 0.919. The van der Waals surface area contributed by atoms with E-state index >= 15 is 0 Å². The summed E-state index contributed by atoms with van der Waals surface area (Å²) in [7, 11) is 0. The zero-order valence-corrected chi connectivity index (χ0v) is 8.33. The molecule has 0 amide bonds. The van der Waals surface area contributed by atoms with Gasteiger partial charge in [-0.15, -0.1) is 0 Å². The van der Waals surface area contributed by atoms with E-state index in [1.54, 1.807) is 12.5 Å². The smallest absolute Gasteiger partial charge is 0.127 e. The number of anilines is 2. The maximum Gasteiger partial charge on any atom is 0.127 e. The first-order valence-corrected chi connectivity index (χ1v) is 4.59. The molecule has 3 heteroatoms.